The molecule has 3 aliphatic rings. The number of halogens is 1. The van der Waals surface area contributed by atoms with Gasteiger partial charge in [0.05, 0.1) is 0 Å². The minimum Gasteiger partial charge on any atom is -0.437 e. The maximum atomic E-state index is 14.3. The molecule has 0 aromatic heterocycles. The molecule has 2 bridgehead atoms. The van der Waals surface area contributed by atoms with Crippen LogP contribution in [0.1, 0.15) is 32.1 Å². The van der Waals surface area contributed by atoms with Crippen LogP contribution in [0.25, 0.3) is 0 Å². The molecule has 0 spiro atoms. The van der Waals surface area contributed by atoms with Gasteiger partial charge in [-0.1, -0.05) is 0 Å². The Kier molecular flexibility index (Phi) is 2.72. The average Bonchev–Trinajstić information content (AvgIpc) is 2.95. The molecule has 1 aliphatic carbocycles. The van der Waals surface area contributed by atoms with Crippen molar-refractivity contribution in [1.29, 1.82) is 0 Å². The van der Waals surface area contributed by atoms with E-state index in [1.54, 1.807) is 6.82 Å². The lowest BCUT2D eigenvalue weighted by Crippen LogP contribution is -2.60. The maximum Gasteiger partial charge on any atom is 0.376 e. The van der Waals surface area contributed by atoms with Crippen LogP contribution in [0.4, 0.5) is 4.39 Å². The van der Waals surface area contributed by atoms with E-state index >= 15 is 0 Å². The fourth-order valence-electron chi connectivity index (χ4n) is 3.48. The van der Waals surface area contributed by atoms with Crippen molar-refractivity contribution in [2.24, 2.45) is 0 Å². The Morgan fingerprint density at radius 3 is 2.69 bits per heavy atom. The van der Waals surface area contributed by atoms with E-state index in [-0.39, 0.29) is 12.1 Å². The number of nitrogens with one attached hydrogen (secondary N) is 1. The lowest BCUT2D eigenvalue weighted by molar-refractivity contribution is 0.0822. The number of nitrogens with zero attached hydrogens (tertiary/aromatic N) is 1. The third kappa shape index (κ3) is 1.79. The Labute approximate surface area is 96.5 Å². The van der Waals surface area contributed by atoms with Gasteiger partial charge < -0.3 is 15.2 Å². The summed E-state index contributed by atoms with van der Waals surface area (Å²) in [6.07, 6.45) is 4.41. The summed E-state index contributed by atoms with van der Waals surface area (Å²) in [5.74, 6) is 0. The summed E-state index contributed by atoms with van der Waals surface area (Å²) in [7, 11) is -0.502. The number of rotatable bonds is 3. The molecule has 0 radical (unpaired) electrons. The first-order valence-corrected chi connectivity index (χ1v) is 6.52. The highest BCUT2D eigenvalue weighted by molar-refractivity contribution is 6.45. The second kappa shape index (κ2) is 3.96. The highest BCUT2D eigenvalue weighted by Gasteiger charge is 2.50. The molecular weight excluding hydrogens is 206 g/mol. The monoisotopic (exact) mass is 226 g/mol. The lowest BCUT2D eigenvalue weighted by atomic mass is 9.78. The quantitative estimate of drug-likeness (QED) is 0.698. The highest BCUT2D eigenvalue weighted by atomic mass is 19.1. The smallest absolute Gasteiger partial charge is 0.376 e. The molecule has 2 N–H and O–H groups in total. The highest BCUT2D eigenvalue weighted by Crippen LogP contribution is 2.38. The van der Waals surface area contributed by atoms with Crippen molar-refractivity contribution >= 4 is 7.05 Å². The molecule has 2 heterocycles. The van der Waals surface area contributed by atoms with Crippen LogP contribution < -0.4 is 5.32 Å². The molecule has 2 aliphatic heterocycles. The molecular formula is C11H20BFN2O. The van der Waals surface area contributed by atoms with Crippen LogP contribution in [0.3, 0.4) is 0 Å². The number of hydrogen-bond donors (Lipinski definition) is 2. The van der Waals surface area contributed by atoms with Gasteiger partial charge in [0.15, 0.2) is 0 Å². The minimum absolute atomic E-state index is 0.0278. The first-order chi connectivity index (χ1) is 7.66. The second-order valence-corrected chi connectivity index (χ2v) is 5.61. The molecule has 3 rings (SSSR count). The predicted octanol–water partition coefficient (Wildman–Crippen LogP) is 0.792. The molecule has 16 heavy (non-hydrogen) atoms. The zero-order chi connectivity index (χ0) is 11.3. The minimum atomic E-state index is -0.811. The topological polar surface area (TPSA) is 35.5 Å². The van der Waals surface area contributed by atoms with Crippen molar-refractivity contribution in [3.05, 3.63) is 0 Å². The molecule has 2 saturated heterocycles. The largest absolute Gasteiger partial charge is 0.437 e. The van der Waals surface area contributed by atoms with Crippen LogP contribution in [0.15, 0.2) is 0 Å². The third-order valence-electron chi connectivity index (χ3n) is 4.34. The standard InChI is InChI=1S/C11H20BFN2O/c1-12(16)15-8-4-5-10(15)11(13)9(6-8)14-7-2-3-7/h7-11,14,16H,2-6H2,1H3/t8?,9-,10?,11-/m1/s1. The van der Waals surface area contributed by atoms with Crippen LogP contribution in [-0.2, 0) is 0 Å². The van der Waals surface area contributed by atoms with E-state index in [1.807, 2.05) is 4.81 Å². The van der Waals surface area contributed by atoms with Gasteiger partial charge in [-0.25, -0.2) is 4.39 Å². The molecule has 0 aromatic rings. The molecule has 0 amide bonds. The number of piperidine rings is 1. The Morgan fingerprint density at radius 2 is 2.06 bits per heavy atom. The predicted molar refractivity (Wildman–Crippen MR) is 61.9 cm³/mol. The van der Waals surface area contributed by atoms with Gasteiger partial charge in [0.2, 0.25) is 0 Å². The van der Waals surface area contributed by atoms with E-state index in [9.17, 15) is 9.41 Å². The van der Waals surface area contributed by atoms with E-state index in [0.717, 1.165) is 19.3 Å². The van der Waals surface area contributed by atoms with Crippen LogP contribution in [0.2, 0.25) is 6.82 Å². The van der Waals surface area contributed by atoms with Crippen molar-refractivity contribution in [2.45, 2.75) is 69.3 Å². The fraction of sp³-hybridized carbons (Fsp3) is 1.00. The summed E-state index contributed by atoms with van der Waals surface area (Å²) in [5.41, 5.74) is 0. The molecule has 5 heteroatoms. The molecule has 4 atom stereocenters. The first-order valence-electron chi connectivity index (χ1n) is 6.52. The van der Waals surface area contributed by atoms with Crippen LogP contribution in [0.5, 0.6) is 0 Å². The van der Waals surface area contributed by atoms with Gasteiger partial charge in [0, 0.05) is 24.2 Å². The average molecular weight is 226 g/mol. The number of alkyl halides is 1. The Morgan fingerprint density at radius 1 is 1.31 bits per heavy atom. The lowest BCUT2D eigenvalue weighted by Gasteiger charge is -2.42. The van der Waals surface area contributed by atoms with E-state index in [2.05, 4.69) is 5.32 Å². The maximum absolute atomic E-state index is 14.3. The van der Waals surface area contributed by atoms with E-state index < -0.39 is 13.2 Å². The van der Waals surface area contributed by atoms with Gasteiger partial charge in [-0.3, -0.25) is 0 Å². The van der Waals surface area contributed by atoms with Crippen molar-refractivity contribution in [3.63, 3.8) is 0 Å². The van der Waals surface area contributed by atoms with E-state index in [1.165, 1.54) is 12.8 Å². The molecule has 2 unspecified atom stereocenters. The van der Waals surface area contributed by atoms with Gasteiger partial charge in [-0.15, -0.1) is 0 Å². The summed E-state index contributed by atoms with van der Waals surface area (Å²) >= 11 is 0. The summed E-state index contributed by atoms with van der Waals surface area (Å²) in [5, 5.41) is 13.1. The normalized spacial score (nSPS) is 43.7. The van der Waals surface area contributed by atoms with E-state index in [0.29, 0.717) is 12.1 Å². The Bertz CT molecular complexity index is 275. The molecule has 1 saturated carbocycles. The van der Waals surface area contributed by atoms with Gasteiger partial charge in [-0.05, 0) is 38.9 Å². The summed E-state index contributed by atoms with van der Waals surface area (Å²) in [4.78, 5) is 1.98. The fourth-order valence-corrected chi connectivity index (χ4v) is 3.48. The number of hydrogen-bond acceptors (Lipinski definition) is 3. The van der Waals surface area contributed by atoms with Crippen molar-refractivity contribution in [2.75, 3.05) is 0 Å². The molecule has 3 fully saturated rings. The zero-order valence-electron chi connectivity index (χ0n) is 9.77. The van der Waals surface area contributed by atoms with E-state index in [4.69, 9.17) is 0 Å². The van der Waals surface area contributed by atoms with Gasteiger partial charge >= 0.3 is 7.05 Å². The van der Waals surface area contributed by atoms with Crippen molar-refractivity contribution in [3.8, 4) is 0 Å². The van der Waals surface area contributed by atoms with Crippen LogP contribution in [-0.4, -0.2) is 47.2 Å². The van der Waals surface area contributed by atoms with Crippen LogP contribution >= 0.6 is 0 Å². The third-order valence-corrected chi connectivity index (χ3v) is 4.34. The van der Waals surface area contributed by atoms with Crippen molar-refractivity contribution < 1.29 is 9.41 Å². The van der Waals surface area contributed by atoms with Gasteiger partial charge in [0.1, 0.15) is 6.17 Å². The summed E-state index contributed by atoms with van der Waals surface area (Å²) in [6, 6.07) is 0.920. The summed E-state index contributed by atoms with van der Waals surface area (Å²) < 4.78 is 14.3. The number of fused-ring (bicyclic) bond motifs is 2. The Balaban J connectivity index is 1.70. The summed E-state index contributed by atoms with van der Waals surface area (Å²) in [6.45, 7) is 1.76. The van der Waals surface area contributed by atoms with Crippen molar-refractivity contribution in [1.82, 2.24) is 10.1 Å². The molecule has 0 aromatic carbocycles. The first kappa shape index (κ1) is 11.0. The van der Waals surface area contributed by atoms with Crippen LogP contribution in [0, 0.1) is 0 Å². The zero-order valence-corrected chi connectivity index (χ0v) is 9.77. The SMILES string of the molecule is CB(O)N1C2CCC1[C@H](F)[C@H](NC1CC1)C2. The molecule has 3 nitrogen and oxygen atoms in total. The van der Waals surface area contributed by atoms with Gasteiger partial charge in [-0.2, -0.15) is 0 Å². The molecule has 90 valence electrons. The second-order valence-electron chi connectivity index (χ2n) is 5.61. The van der Waals surface area contributed by atoms with Gasteiger partial charge in [0.25, 0.3) is 0 Å². The Hall–Kier alpha value is -0.125.